The summed E-state index contributed by atoms with van der Waals surface area (Å²) >= 11 is 0. The van der Waals surface area contributed by atoms with E-state index in [0.717, 1.165) is 75.7 Å². The molecule has 3 amide bonds. The Labute approximate surface area is 269 Å². The van der Waals surface area contributed by atoms with Crippen LogP contribution in [-0.2, 0) is 22.6 Å². The summed E-state index contributed by atoms with van der Waals surface area (Å²) in [5.41, 5.74) is 8.32. The average molecular weight is 637 g/mol. The Hall–Kier alpha value is -4.62. The van der Waals surface area contributed by atoms with Crippen LogP contribution in [0, 0.1) is 11.7 Å². The normalized spacial score (nSPS) is 16.2. The lowest BCUT2D eigenvalue weighted by molar-refractivity contribution is -0.122. The highest BCUT2D eigenvalue weighted by molar-refractivity contribution is 5.89. The predicted octanol–water partition coefficient (Wildman–Crippen LogP) is 3.14. The first-order valence-electron chi connectivity index (χ1n) is 15.4. The van der Waals surface area contributed by atoms with E-state index in [0.29, 0.717) is 26.1 Å². The molecule has 1 aromatic heterocycles. The molecule has 0 spiro atoms. The average Bonchev–Trinajstić information content (AvgIpc) is 3.09. The van der Waals surface area contributed by atoms with Crippen molar-refractivity contribution in [3.63, 3.8) is 0 Å². The zero-order chi connectivity index (χ0) is 33.3. The van der Waals surface area contributed by atoms with E-state index in [1.54, 1.807) is 4.90 Å². The molecule has 2 fully saturated rings. The molecule has 0 aliphatic carbocycles. The highest BCUT2D eigenvalue weighted by atomic mass is 19.1. The van der Waals surface area contributed by atoms with Crippen LogP contribution in [0.15, 0.2) is 60.9 Å². The number of primary amides is 1. The van der Waals surface area contributed by atoms with Gasteiger partial charge in [0.25, 0.3) is 0 Å². The summed E-state index contributed by atoms with van der Waals surface area (Å²) in [4.78, 5) is 47.7. The molecular formula is C33H45FN8O4. The van der Waals surface area contributed by atoms with Crippen molar-refractivity contribution >= 4 is 35.5 Å². The molecule has 13 heteroatoms. The Balaban J connectivity index is 0.000000241. The molecule has 12 nitrogen and oxygen atoms in total. The van der Waals surface area contributed by atoms with Crippen molar-refractivity contribution < 1.29 is 23.9 Å². The van der Waals surface area contributed by atoms with E-state index >= 15 is 0 Å². The number of aliphatic hydroxyl groups excluding tert-OH is 1. The minimum Gasteiger partial charge on any atom is -0.400 e. The SMILES string of the molecule is CN1CCN(C(=O)Nc2ccc(CCC=O)cc2)CC1.CO.NC(=O)C1CCCN(c2ncnc(NCc3ccccc3)c2F)C1. The van der Waals surface area contributed by atoms with Crippen LogP contribution in [0.2, 0.25) is 0 Å². The van der Waals surface area contributed by atoms with Crippen molar-refractivity contribution in [1.29, 1.82) is 0 Å². The lowest BCUT2D eigenvalue weighted by Gasteiger charge is -2.32. The highest BCUT2D eigenvalue weighted by Crippen LogP contribution is 2.26. The molecule has 0 saturated carbocycles. The monoisotopic (exact) mass is 636 g/mol. The number of piperazine rings is 1. The van der Waals surface area contributed by atoms with Crippen LogP contribution in [0.3, 0.4) is 0 Å². The molecule has 1 unspecified atom stereocenters. The highest BCUT2D eigenvalue weighted by Gasteiger charge is 2.27. The maximum Gasteiger partial charge on any atom is 0.321 e. The van der Waals surface area contributed by atoms with Crippen molar-refractivity contribution in [1.82, 2.24) is 19.8 Å². The molecule has 1 atom stereocenters. The number of anilines is 3. The molecule has 248 valence electrons. The quantitative estimate of drug-likeness (QED) is 0.259. The molecular weight excluding hydrogens is 591 g/mol. The number of urea groups is 1. The predicted molar refractivity (Wildman–Crippen MR) is 177 cm³/mol. The number of likely N-dealkylation sites (N-methyl/N-ethyl adjacent to an activating group) is 1. The van der Waals surface area contributed by atoms with Crippen LogP contribution in [0.1, 0.15) is 30.4 Å². The molecule has 0 bridgehead atoms. The van der Waals surface area contributed by atoms with E-state index in [4.69, 9.17) is 10.8 Å². The van der Waals surface area contributed by atoms with Crippen LogP contribution < -0.4 is 21.3 Å². The third-order valence-electron chi connectivity index (χ3n) is 7.74. The fourth-order valence-corrected chi connectivity index (χ4v) is 5.08. The molecule has 2 aliphatic heterocycles. The molecule has 5 N–H and O–H groups in total. The first-order valence-corrected chi connectivity index (χ1v) is 15.4. The van der Waals surface area contributed by atoms with Gasteiger partial charge in [0.2, 0.25) is 11.7 Å². The minimum absolute atomic E-state index is 0.0428. The van der Waals surface area contributed by atoms with E-state index in [1.165, 1.54) is 6.33 Å². The van der Waals surface area contributed by atoms with Crippen molar-refractivity contribution in [2.75, 3.05) is 69.0 Å². The second kappa shape index (κ2) is 19.0. The minimum atomic E-state index is -0.501. The molecule has 2 aromatic carbocycles. The topological polar surface area (TPSA) is 157 Å². The Morgan fingerprint density at radius 1 is 1.00 bits per heavy atom. The van der Waals surface area contributed by atoms with Crippen molar-refractivity contribution in [3.8, 4) is 0 Å². The zero-order valence-corrected chi connectivity index (χ0v) is 26.6. The van der Waals surface area contributed by atoms with Crippen LogP contribution in [0.5, 0.6) is 0 Å². The number of rotatable bonds is 9. The molecule has 2 saturated heterocycles. The fourth-order valence-electron chi connectivity index (χ4n) is 5.08. The zero-order valence-electron chi connectivity index (χ0n) is 26.6. The van der Waals surface area contributed by atoms with Gasteiger partial charge in [-0.15, -0.1) is 0 Å². The van der Waals surface area contributed by atoms with Crippen LogP contribution in [-0.4, -0.2) is 96.5 Å². The third kappa shape index (κ3) is 11.1. The van der Waals surface area contributed by atoms with E-state index in [-0.39, 0.29) is 29.5 Å². The van der Waals surface area contributed by atoms with Gasteiger partial charge in [0.1, 0.15) is 12.6 Å². The Kier molecular flexibility index (Phi) is 14.8. The summed E-state index contributed by atoms with van der Waals surface area (Å²) in [7, 11) is 3.06. The Morgan fingerprint density at radius 2 is 1.70 bits per heavy atom. The number of aldehydes is 1. The van der Waals surface area contributed by atoms with E-state index < -0.39 is 5.82 Å². The van der Waals surface area contributed by atoms with Crippen molar-refractivity contribution in [3.05, 3.63) is 77.9 Å². The second-order valence-corrected chi connectivity index (χ2v) is 11.0. The lowest BCUT2D eigenvalue weighted by Crippen LogP contribution is -2.48. The number of nitrogens with two attached hydrogens (primary N) is 1. The Morgan fingerprint density at radius 3 is 2.35 bits per heavy atom. The lowest BCUT2D eigenvalue weighted by atomic mass is 9.97. The summed E-state index contributed by atoms with van der Waals surface area (Å²) < 4.78 is 14.7. The summed E-state index contributed by atoms with van der Waals surface area (Å²) in [5.74, 6) is -0.749. The maximum atomic E-state index is 14.7. The van der Waals surface area contributed by atoms with Gasteiger partial charge in [-0.3, -0.25) is 4.79 Å². The number of nitrogens with zero attached hydrogens (tertiary/aromatic N) is 5. The molecule has 3 aromatic rings. The summed E-state index contributed by atoms with van der Waals surface area (Å²) in [6, 6.07) is 17.3. The van der Waals surface area contributed by atoms with E-state index in [9.17, 15) is 18.8 Å². The van der Waals surface area contributed by atoms with Crippen molar-refractivity contribution in [2.45, 2.75) is 32.2 Å². The van der Waals surface area contributed by atoms with Gasteiger partial charge in [-0.05, 0) is 49.6 Å². The largest absolute Gasteiger partial charge is 0.400 e. The summed E-state index contributed by atoms with van der Waals surface area (Å²) in [5, 5.41) is 12.9. The van der Waals surface area contributed by atoms with Gasteiger partial charge in [-0.25, -0.2) is 14.8 Å². The van der Waals surface area contributed by atoms with E-state index in [2.05, 4.69) is 32.5 Å². The number of aryl methyl sites for hydroxylation is 1. The standard InChI is InChI=1S/C17H20FN5O.C15H21N3O2.CH4O/c18-14-16(20-9-12-5-2-1-3-6-12)21-11-22-17(14)23-8-4-7-13(10-23)15(19)24;1-17-8-10-18(11-9-17)15(20)16-14-6-4-13(5-7-14)3-2-12-19;1-2/h1-3,5-6,11,13H,4,7-10H2,(H2,19,24)(H,20,21,22);4-7,12H,2-3,8-11H2,1H3,(H,16,20);2H,1H3. The van der Waals surface area contributed by atoms with Gasteiger partial charge in [0.15, 0.2) is 11.6 Å². The number of nitrogens with one attached hydrogen (secondary N) is 2. The number of piperidine rings is 1. The van der Waals surface area contributed by atoms with Gasteiger partial charge in [-0.1, -0.05) is 42.5 Å². The number of benzene rings is 2. The molecule has 3 heterocycles. The first-order chi connectivity index (χ1) is 22.3. The van der Waals surface area contributed by atoms with Crippen LogP contribution in [0.25, 0.3) is 0 Å². The van der Waals surface area contributed by atoms with Gasteiger partial charge in [-0.2, -0.15) is 4.39 Å². The van der Waals surface area contributed by atoms with Gasteiger partial charge < -0.3 is 41.0 Å². The van der Waals surface area contributed by atoms with Crippen molar-refractivity contribution in [2.24, 2.45) is 11.7 Å². The maximum absolute atomic E-state index is 14.7. The summed E-state index contributed by atoms with van der Waals surface area (Å²) in [6.45, 7) is 4.87. The number of halogens is 1. The summed E-state index contributed by atoms with van der Waals surface area (Å²) in [6.07, 6.45) is 5.05. The number of carbonyl (C=O) groups is 3. The first kappa shape index (κ1) is 35.9. The number of aliphatic hydroxyl groups is 1. The number of hydrogen-bond donors (Lipinski definition) is 4. The number of amides is 3. The Bertz CT molecular complexity index is 1370. The van der Waals surface area contributed by atoms with Gasteiger partial charge >= 0.3 is 6.03 Å². The number of aromatic nitrogens is 2. The van der Waals surface area contributed by atoms with Crippen LogP contribution >= 0.6 is 0 Å². The number of hydrogen-bond acceptors (Lipinski definition) is 9. The molecule has 0 radical (unpaired) electrons. The van der Waals surface area contributed by atoms with Gasteiger partial charge in [0.05, 0.1) is 5.92 Å². The second-order valence-electron chi connectivity index (χ2n) is 11.0. The number of carbonyl (C=O) groups excluding carboxylic acids is 3. The molecule has 2 aliphatic rings. The third-order valence-corrected chi connectivity index (χ3v) is 7.74. The fraction of sp³-hybridized carbons (Fsp3) is 0.424. The molecule has 5 rings (SSSR count). The smallest absolute Gasteiger partial charge is 0.321 e. The molecule has 46 heavy (non-hydrogen) atoms. The van der Waals surface area contributed by atoms with Gasteiger partial charge in [0, 0.05) is 65.0 Å². The van der Waals surface area contributed by atoms with E-state index in [1.807, 2.05) is 59.5 Å². The van der Waals surface area contributed by atoms with Crippen LogP contribution in [0.4, 0.5) is 26.5 Å².